The fourth-order valence-corrected chi connectivity index (χ4v) is 3.45. The smallest absolute Gasteiger partial charge is 0.340 e. The molecule has 1 heterocycles. The third-order valence-corrected chi connectivity index (χ3v) is 5.09. The van der Waals surface area contributed by atoms with E-state index in [9.17, 15) is 14.0 Å². The van der Waals surface area contributed by atoms with Crippen LogP contribution >= 0.6 is 11.6 Å². The highest BCUT2D eigenvalue weighted by molar-refractivity contribution is 6.32. The first-order valence-electron chi connectivity index (χ1n) is 8.98. The molecule has 1 amide bonds. The van der Waals surface area contributed by atoms with E-state index < -0.39 is 11.8 Å². The number of halogens is 2. The molecule has 1 atom stereocenters. The predicted octanol–water partition coefficient (Wildman–Crippen LogP) is 4.26. The van der Waals surface area contributed by atoms with Crippen LogP contribution in [-0.4, -0.2) is 43.1 Å². The zero-order valence-electron chi connectivity index (χ0n) is 15.7. The standard InChI is InChI=1S/C21H21ClFNO4/c1-13-5-7-14(8-6-13)20(25)24-9-3-4-15(24)12-28-19-11-18(23)16(10-17(19)22)21(26)27-2/h5-8,10-11,15H,3-4,9,12H2,1-2H3/t15-/m1/s1. The Morgan fingerprint density at radius 1 is 1.25 bits per heavy atom. The molecular weight excluding hydrogens is 385 g/mol. The van der Waals surface area contributed by atoms with E-state index in [1.165, 1.54) is 13.2 Å². The van der Waals surface area contributed by atoms with Crippen molar-refractivity contribution in [2.24, 2.45) is 0 Å². The minimum absolute atomic E-state index is 0.0515. The lowest BCUT2D eigenvalue weighted by Crippen LogP contribution is -2.39. The summed E-state index contributed by atoms with van der Waals surface area (Å²) < 4.78 is 24.3. The lowest BCUT2D eigenvalue weighted by molar-refractivity contribution is 0.0594. The molecule has 0 spiro atoms. The Morgan fingerprint density at radius 2 is 1.96 bits per heavy atom. The van der Waals surface area contributed by atoms with Gasteiger partial charge in [0.25, 0.3) is 5.91 Å². The third kappa shape index (κ3) is 4.28. The van der Waals surface area contributed by atoms with Gasteiger partial charge in [-0.1, -0.05) is 29.3 Å². The minimum Gasteiger partial charge on any atom is -0.490 e. The van der Waals surface area contributed by atoms with Crippen LogP contribution in [0.25, 0.3) is 0 Å². The van der Waals surface area contributed by atoms with Gasteiger partial charge in [-0.2, -0.15) is 0 Å². The lowest BCUT2D eigenvalue weighted by atomic mass is 10.1. The van der Waals surface area contributed by atoms with Gasteiger partial charge in [-0.15, -0.1) is 0 Å². The molecule has 5 nitrogen and oxygen atoms in total. The van der Waals surface area contributed by atoms with Crippen LogP contribution in [0.4, 0.5) is 4.39 Å². The highest BCUT2D eigenvalue weighted by atomic mass is 35.5. The molecule has 2 aromatic rings. The summed E-state index contributed by atoms with van der Waals surface area (Å²) >= 11 is 6.12. The number of aryl methyl sites for hydroxylation is 1. The monoisotopic (exact) mass is 405 g/mol. The molecule has 148 valence electrons. The highest BCUT2D eigenvalue weighted by Crippen LogP contribution is 2.29. The number of rotatable bonds is 5. The Bertz CT molecular complexity index is 885. The Balaban J connectivity index is 1.70. The molecule has 28 heavy (non-hydrogen) atoms. The van der Waals surface area contributed by atoms with Crippen LogP contribution in [-0.2, 0) is 4.74 Å². The van der Waals surface area contributed by atoms with Gasteiger partial charge in [0.15, 0.2) is 0 Å². The maximum absolute atomic E-state index is 14.1. The number of ether oxygens (including phenoxy) is 2. The average Bonchev–Trinajstić information content (AvgIpc) is 3.16. The Kier molecular flexibility index (Phi) is 6.19. The average molecular weight is 406 g/mol. The van der Waals surface area contributed by atoms with Gasteiger partial charge in [-0.3, -0.25) is 4.79 Å². The van der Waals surface area contributed by atoms with Crippen molar-refractivity contribution >= 4 is 23.5 Å². The first kappa shape index (κ1) is 20.1. The van der Waals surface area contributed by atoms with Crippen LogP contribution in [0.5, 0.6) is 5.75 Å². The second kappa shape index (κ2) is 8.61. The molecule has 1 saturated heterocycles. The van der Waals surface area contributed by atoms with Crippen molar-refractivity contribution in [1.82, 2.24) is 4.90 Å². The third-order valence-electron chi connectivity index (χ3n) is 4.79. The van der Waals surface area contributed by atoms with Crippen molar-refractivity contribution in [3.05, 3.63) is 63.9 Å². The first-order chi connectivity index (χ1) is 13.4. The van der Waals surface area contributed by atoms with Crippen LogP contribution in [0.3, 0.4) is 0 Å². The van der Waals surface area contributed by atoms with Crippen molar-refractivity contribution in [3.8, 4) is 5.75 Å². The molecule has 0 radical (unpaired) electrons. The van der Waals surface area contributed by atoms with Gasteiger partial charge >= 0.3 is 5.97 Å². The largest absolute Gasteiger partial charge is 0.490 e. The fourth-order valence-electron chi connectivity index (χ4n) is 3.23. The molecule has 1 aliphatic heterocycles. The topological polar surface area (TPSA) is 55.8 Å². The van der Waals surface area contributed by atoms with Gasteiger partial charge in [-0.25, -0.2) is 9.18 Å². The van der Waals surface area contributed by atoms with Crippen LogP contribution in [0, 0.1) is 12.7 Å². The number of likely N-dealkylation sites (tertiary alicyclic amines) is 1. The van der Waals surface area contributed by atoms with Gasteiger partial charge in [0.05, 0.1) is 23.7 Å². The van der Waals surface area contributed by atoms with Crippen LogP contribution in [0.2, 0.25) is 5.02 Å². The van der Waals surface area contributed by atoms with Gasteiger partial charge in [0.2, 0.25) is 0 Å². The van der Waals surface area contributed by atoms with E-state index in [1.54, 1.807) is 4.90 Å². The summed E-state index contributed by atoms with van der Waals surface area (Å²) in [6, 6.07) is 9.54. The van der Waals surface area contributed by atoms with Crippen molar-refractivity contribution in [2.45, 2.75) is 25.8 Å². The molecule has 0 bridgehead atoms. The Hall–Kier alpha value is -2.60. The molecule has 0 saturated carbocycles. The van der Waals surface area contributed by atoms with Gasteiger partial charge < -0.3 is 14.4 Å². The second-order valence-electron chi connectivity index (χ2n) is 6.73. The first-order valence-corrected chi connectivity index (χ1v) is 9.36. The van der Waals surface area contributed by atoms with Crippen molar-refractivity contribution in [2.75, 3.05) is 20.3 Å². The number of nitrogens with zero attached hydrogens (tertiary/aromatic N) is 1. The second-order valence-corrected chi connectivity index (χ2v) is 7.13. The Labute approximate surface area is 168 Å². The summed E-state index contributed by atoms with van der Waals surface area (Å²) in [7, 11) is 1.17. The van der Waals surface area contributed by atoms with Crippen LogP contribution in [0.15, 0.2) is 36.4 Å². The molecule has 0 unspecified atom stereocenters. The van der Waals surface area contributed by atoms with E-state index in [4.69, 9.17) is 16.3 Å². The lowest BCUT2D eigenvalue weighted by Gasteiger charge is -2.25. The highest BCUT2D eigenvalue weighted by Gasteiger charge is 2.30. The van der Waals surface area contributed by atoms with E-state index in [-0.39, 0.29) is 34.9 Å². The maximum atomic E-state index is 14.1. The molecule has 1 aliphatic rings. The van der Waals surface area contributed by atoms with Gasteiger partial charge in [0, 0.05) is 18.2 Å². The van der Waals surface area contributed by atoms with Crippen molar-refractivity contribution in [1.29, 1.82) is 0 Å². The maximum Gasteiger partial charge on any atom is 0.340 e. The molecule has 7 heteroatoms. The van der Waals surface area contributed by atoms with E-state index in [1.807, 2.05) is 31.2 Å². The molecule has 0 N–H and O–H groups in total. The van der Waals surface area contributed by atoms with Crippen LogP contribution in [0.1, 0.15) is 39.1 Å². The normalized spacial score (nSPS) is 16.1. The Morgan fingerprint density at radius 3 is 2.64 bits per heavy atom. The zero-order valence-corrected chi connectivity index (χ0v) is 16.5. The summed E-state index contributed by atoms with van der Waals surface area (Å²) in [5.74, 6) is -1.51. The number of carbonyl (C=O) groups is 2. The molecule has 0 aliphatic carbocycles. The summed E-state index contributed by atoms with van der Waals surface area (Å²) in [4.78, 5) is 26.1. The van der Waals surface area contributed by atoms with E-state index >= 15 is 0 Å². The molecule has 3 rings (SSSR count). The van der Waals surface area contributed by atoms with Crippen LogP contribution < -0.4 is 4.74 Å². The molecule has 0 aromatic heterocycles. The zero-order chi connectivity index (χ0) is 20.3. The summed E-state index contributed by atoms with van der Waals surface area (Å²) in [5, 5.41) is 0.108. The van der Waals surface area contributed by atoms with E-state index in [0.717, 1.165) is 24.5 Å². The van der Waals surface area contributed by atoms with Crippen molar-refractivity contribution < 1.29 is 23.5 Å². The van der Waals surface area contributed by atoms with E-state index in [0.29, 0.717) is 12.1 Å². The number of hydrogen-bond donors (Lipinski definition) is 0. The molecule has 2 aromatic carbocycles. The van der Waals surface area contributed by atoms with Crippen molar-refractivity contribution in [3.63, 3.8) is 0 Å². The number of methoxy groups -OCH3 is 1. The minimum atomic E-state index is -0.809. The summed E-state index contributed by atoms with van der Waals surface area (Å²) in [6.07, 6.45) is 1.66. The van der Waals surface area contributed by atoms with Gasteiger partial charge in [-0.05, 0) is 38.0 Å². The number of esters is 1. The summed E-state index contributed by atoms with van der Waals surface area (Å²) in [5.41, 5.74) is 1.46. The predicted molar refractivity (Wildman–Crippen MR) is 103 cm³/mol. The SMILES string of the molecule is COC(=O)c1cc(Cl)c(OC[C@H]2CCCN2C(=O)c2ccc(C)cc2)cc1F. The quantitative estimate of drug-likeness (QED) is 0.697. The molecular formula is C21H21ClFNO4. The fraction of sp³-hybridized carbons (Fsp3) is 0.333. The summed E-state index contributed by atoms with van der Waals surface area (Å²) in [6.45, 7) is 2.80. The number of carbonyl (C=O) groups excluding carboxylic acids is 2. The molecule has 1 fully saturated rings. The number of hydrogen-bond acceptors (Lipinski definition) is 4. The number of amides is 1. The van der Waals surface area contributed by atoms with Gasteiger partial charge in [0.1, 0.15) is 18.2 Å². The van der Waals surface area contributed by atoms with E-state index in [2.05, 4.69) is 4.74 Å². The number of benzene rings is 2.